The van der Waals surface area contributed by atoms with Crippen molar-refractivity contribution in [2.75, 3.05) is 32.8 Å². The number of ketones is 1. The molecular formula is C25H41N6O4P. The molecule has 11 heteroatoms. The summed E-state index contributed by atoms with van der Waals surface area (Å²) in [5.41, 5.74) is 0.186. The van der Waals surface area contributed by atoms with Crippen LogP contribution in [0.4, 0.5) is 5.82 Å². The van der Waals surface area contributed by atoms with Crippen LogP contribution in [0.15, 0.2) is 11.3 Å². The molecule has 0 aromatic carbocycles. The number of aliphatic imine (C=N–C) groups is 1. The van der Waals surface area contributed by atoms with Gasteiger partial charge in [0.2, 0.25) is 6.54 Å². The Labute approximate surface area is 218 Å². The second-order valence-electron chi connectivity index (χ2n) is 10.3. The molecule has 1 saturated heterocycles. The highest BCUT2D eigenvalue weighted by molar-refractivity contribution is 7.44. The Kier molecular flexibility index (Phi) is 9.26. The molecule has 0 aliphatic carbocycles. The molecule has 200 valence electrons. The molecule has 3 heterocycles. The van der Waals surface area contributed by atoms with Crippen molar-refractivity contribution in [2.24, 2.45) is 4.99 Å². The van der Waals surface area contributed by atoms with Crippen molar-refractivity contribution in [3.05, 3.63) is 23.4 Å². The Balaban J connectivity index is 1.89. The van der Waals surface area contributed by atoms with E-state index in [1.54, 1.807) is 6.33 Å². The number of hydrogen-bond acceptors (Lipinski definition) is 8. The predicted molar refractivity (Wildman–Crippen MR) is 142 cm³/mol. The monoisotopic (exact) mass is 521 g/mol. The number of Topliss-reactive ketones (excluding diaryl/α,β-unsaturated/α-hetero) is 1. The normalized spacial score (nSPS) is 24.3. The van der Waals surface area contributed by atoms with E-state index in [4.69, 9.17) is 21.7 Å². The van der Waals surface area contributed by atoms with Crippen LogP contribution in [0.2, 0.25) is 0 Å². The van der Waals surface area contributed by atoms with Crippen LogP contribution in [0.5, 0.6) is 0 Å². The lowest BCUT2D eigenvalue weighted by molar-refractivity contribution is -0.192. The summed E-state index contributed by atoms with van der Waals surface area (Å²) in [4.78, 5) is 27.2. The zero-order chi connectivity index (χ0) is 27.3. The van der Waals surface area contributed by atoms with Crippen LogP contribution in [0.3, 0.4) is 0 Å². The quantitative estimate of drug-likeness (QED) is 0.234. The van der Waals surface area contributed by atoms with Crippen molar-refractivity contribution in [3.8, 4) is 0 Å². The third kappa shape index (κ3) is 6.77. The molecule has 0 spiro atoms. The minimum atomic E-state index is -1.46. The van der Waals surface area contributed by atoms with Gasteiger partial charge in [0, 0.05) is 38.3 Å². The molecule has 0 amide bonds. The maximum absolute atomic E-state index is 12.5. The molecule has 10 nitrogen and oxygen atoms in total. The molecular weight excluding hydrogens is 479 g/mol. The van der Waals surface area contributed by atoms with Crippen LogP contribution in [0, 0.1) is 6.57 Å². The van der Waals surface area contributed by atoms with Crippen molar-refractivity contribution in [1.82, 2.24) is 19.1 Å². The number of aromatic nitrogens is 2. The molecule has 0 radical (unpaired) electrons. The van der Waals surface area contributed by atoms with Gasteiger partial charge in [-0.25, -0.2) is 21.2 Å². The van der Waals surface area contributed by atoms with Crippen LogP contribution < -0.4 is 0 Å². The van der Waals surface area contributed by atoms with Gasteiger partial charge in [0.25, 0.3) is 8.53 Å². The molecule has 0 saturated carbocycles. The van der Waals surface area contributed by atoms with Crippen LogP contribution in [0.25, 0.3) is 4.85 Å². The largest absolute Gasteiger partial charge is 0.347 e. The molecule has 2 aliphatic heterocycles. The Bertz CT molecular complexity index is 1000. The summed E-state index contributed by atoms with van der Waals surface area (Å²) in [5, 5.41) is 0. The zero-order valence-electron chi connectivity index (χ0n) is 23.6. The molecule has 1 aromatic heterocycles. The van der Waals surface area contributed by atoms with Crippen LogP contribution in [-0.2, 0) is 13.8 Å². The van der Waals surface area contributed by atoms with E-state index in [9.17, 15) is 4.79 Å². The number of nitrogens with zero attached hydrogens (tertiary/aromatic N) is 6. The molecule has 0 bridgehead atoms. The third-order valence-corrected chi connectivity index (χ3v) is 8.20. The fraction of sp³-hybridized carbons (Fsp3) is 0.760. The maximum Gasteiger partial charge on any atom is 0.259 e. The topological polar surface area (TPSA) is 85.8 Å². The molecule has 1 fully saturated rings. The highest BCUT2D eigenvalue weighted by Gasteiger charge is 2.42. The van der Waals surface area contributed by atoms with Gasteiger partial charge in [-0.05, 0) is 55.4 Å². The average Bonchev–Trinajstić information content (AvgIpc) is 3.26. The Morgan fingerprint density at radius 3 is 2.67 bits per heavy atom. The van der Waals surface area contributed by atoms with Gasteiger partial charge >= 0.3 is 0 Å². The van der Waals surface area contributed by atoms with Gasteiger partial charge in [0.1, 0.15) is 18.4 Å². The fourth-order valence-electron chi connectivity index (χ4n) is 4.51. The lowest BCUT2D eigenvalue weighted by Gasteiger charge is -2.47. The van der Waals surface area contributed by atoms with Crippen molar-refractivity contribution in [3.63, 3.8) is 0 Å². The fourth-order valence-corrected chi connectivity index (χ4v) is 6.19. The predicted octanol–water partition coefficient (Wildman–Crippen LogP) is 4.86. The summed E-state index contributed by atoms with van der Waals surface area (Å²) in [6.07, 6.45) is 1.41. The average molecular weight is 522 g/mol. The van der Waals surface area contributed by atoms with Crippen LogP contribution in [0.1, 0.15) is 79.9 Å². The minimum Gasteiger partial charge on any atom is -0.347 e. The molecule has 3 rings (SSSR count). The summed E-state index contributed by atoms with van der Waals surface area (Å²) < 4.78 is 31.6. The standard InChI is InChI=1S/C25H41N6O4P/c1-17(2)29-13-22(30-16-27-23-21(32)12-20(7)28-24(23)30)35-25(8,14-29)15-34-36(33-11-10-26-9)31(18(3)4)19(5)6/h16-19,22H,10-15H2,1-8H3/t22-,25+,36?/m1/s1/i8D. The Hall–Kier alpha value is -1.73. The first kappa shape index (κ1) is 27.3. The lowest BCUT2D eigenvalue weighted by Crippen LogP contribution is -2.56. The number of rotatable bonds is 11. The first-order chi connectivity index (χ1) is 17.5. The van der Waals surface area contributed by atoms with Gasteiger partial charge in [0.15, 0.2) is 17.3 Å². The number of fused-ring (bicyclic) bond motifs is 1. The van der Waals surface area contributed by atoms with E-state index in [1.165, 1.54) is 0 Å². The van der Waals surface area contributed by atoms with Gasteiger partial charge in [-0.15, -0.1) is 0 Å². The number of imidazole rings is 1. The van der Waals surface area contributed by atoms with Gasteiger partial charge in [-0.1, -0.05) is 0 Å². The van der Waals surface area contributed by atoms with E-state index in [-0.39, 0.29) is 57.0 Å². The number of carbonyl (C=O) groups is 1. The van der Waals surface area contributed by atoms with Crippen LogP contribution in [-0.4, -0.2) is 87.2 Å². The number of morpholine rings is 1. The zero-order valence-corrected chi connectivity index (χ0v) is 23.5. The molecule has 2 aliphatic rings. The van der Waals surface area contributed by atoms with E-state index in [1.807, 2.05) is 11.5 Å². The van der Waals surface area contributed by atoms with Crippen molar-refractivity contribution >= 4 is 25.8 Å². The number of hydrogen-bond donors (Lipinski definition) is 0. The summed E-state index contributed by atoms with van der Waals surface area (Å²) in [6.45, 7) is 23.3. The molecule has 36 heavy (non-hydrogen) atoms. The Morgan fingerprint density at radius 1 is 1.33 bits per heavy atom. The SMILES string of the molecule is [2H]C[C@@]1(COP(OCC[N+]#[C-])N(C(C)C)C(C)C)CN(C(C)C)C[C@H](n2cnc3c2N=C(C)CC3=O)O1. The van der Waals surface area contributed by atoms with Gasteiger partial charge in [-0.2, -0.15) is 0 Å². The first-order valence-corrected chi connectivity index (χ1v) is 13.7. The first-order valence-electron chi connectivity index (χ1n) is 13.2. The van der Waals surface area contributed by atoms with E-state index in [2.05, 4.69) is 65.9 Å². The lowest BCUT2D eigenvalue weighted by atomic mass is 10.0. The van der Waals surface area contributed by atoms with E-state index in [0.29, 0.717) is 24.6 Å². The molecule has 3 atom stereocenters. The minimum absolute atomic E-state index is 0.0145. The number of ether oxygens (including phenoxy) is 1. The third-order valence-electron chi connectivity index (χ3n) is 6.14. The molecule has 0 N–H and O–H groups in total. The van der Waals surface area contributed by atoms with E-state index in [0.717, 1.165) is 5.71 Å². The van der Waals surface area contributed by atoms with Gasteiger partial charge < -0.3 is 18.6 Å². The second-order valence-corrected chi connectivity index (χ2v) is 11.8. The summed E-state index contributed by atoms with van der Waals surface area (Å²) >= 11 is 0. The summed E-state index contributed by atoms with van der Waals surface area (Å²) in [6, 6.07) is 0.561. The van der Waals surface area contributed by atoms with Crippen molar-refractivity contribution < 1.29 is 19.9 Å². The van der Waals surface area contributed by atoms with Crippen LogP contribution >= 0.6 is 8.53 Å². The highest BCUT2D eigenvalue weighted by Crippen LogP contribution is 2.47. The summed E-state index contributed by atoms with van der Waals surface area (Å²) in [5.74, 6) is 0.470. The van der Waals surface area contributed by atoms with Crippen molar-refractivity contribution in [1.29, 1.82) is 0 Å². The van der Waals surface area contributed by atoms with Gasteiger partial charge in [0.05, 0.1) is 19.4 Å². The van der Waals surface area contributed by atoms with Crippen molar-refractivity contribution in [2.45, 2.75) is 91.7 Å². The van der Waals surface area contributed by atoms with E-state index >= 15 is 0 Å². The number of carbonyl (C=O) groups excluding carboxylic acids is 1. The maximum atomic E-state index is 12.5. The highest BCUT2D eigenvalue weighted by atomic mass is 31.2. The molecule has 1 aromatic rings. The van der Waals surface area contributed by atoms with E-state index < -0.39 is 20.4 Å². The Morgan fingerprint density at radius 2 is 2.06 bits per heavy atom. The molecule has 1 unspecified atom stereocenters. The summed E-state index contributed by atoms with van der Waals surface area (Å²) in [7, 11) is -1.46. The van der Waals surface area contributed by atoms with Gasteiger partial charge in [-0.3, -0.25) is 14.3 Å². The second kappa shape index (κ2) is 12.2. The smallest absolute Gasteiger partial charge is 0.259 e.